The second-order valence-corrected chi connectivity index (χ2v) is 5.46. The minimum Gasteiger partial charge on any atom is -0.483 e. The smallest absolute Gasteiger partial charge is 0.258 e. The van der Waals surface area contributed by atoms with Crippen molar-refractivity contribution in [2.75, 3.05) is 20.3 Å². The van der Waals surface area contributed by atoms with Crippen molar-refractivity contribution in [3.8, 4) is 5.75 Å². The van der Waals surface area contributed by atoms with E-state index >= 15 is 0 Å². The number of para-hydroxylation sites is 1. The fraction of sp³-hybridized carbons (Fsp3) is 0.562. The number of aryl methyl sites for hydroxylation is 1. The number of nitrogens with one attached hydrogen (secondary N) is 1. The molecule has 0 saturated heterocycles. The number of amides is 1. The summed E-state index contributed by atoms with van der Waals surface area (Å²) in [5.74, 6) is 0.596. The maximum atomic E-state index is 11.8. The molecule has 2 unspecified atom stereocenters. The lowest BCUT2D eigenvalue weighted by Gasteiger charge is -2.17. The topological polar surface area (TPSA) is 73.6 Å². The first-order valence-electron chi connectivity index (χ1n) is 7.19. The Morgan fingerprint density at radius 2 is 2.10 bits per heavy atom. The third kappa shape index (κ3) is 6.14. The highest BCUT2D eigenvalue weighted by molar-refractivity contribution is 5.77. The standard InChI is InChI=1S/C16H26N2O3/c1-11-6-5-7-14(8-12(2)17)16(11)21-10-15(19)18-13(3)9-20-4/h5-7,12-13H,8-10,17H2,1-4H3,(H,18,19). The Morgan fingerprint density at radius 3 is 2.71 bits per heavy atom. The molecule has 0 saturated carbocycles. The van der Waals surface area contributed by atoms with Gasteiger partial charge >= 0.3 is 0 Å². The van der Waals surface area contributed by atoms with E-state index in [-0.39, 0.29) is 24.6 Å². The van der Waals surface area contributed by atoms with Gasteiger partial charge in [0.2, 0.25) is 0 Å². The lowest BCUT2D eigenvalue weighted by molar-refractivity contribution is -0.124. The first-order valence-corrected chi connectivity index (χ1v) is 7.19. The molecule has 0 aromatic heterocycles. The SMILES string of the molecule is COCC(C)NC(=O)COc1c(C)cccc1CC(C)N. The van der Waals surface area contributed by atoms with Crippen molar-refractivity contribution in [3.63, 3.8) is 0 Å². The third-order valence-electron chi connectivity index (χ3n) is 3.01. The number of hydrogen-bond acceptors (Lipinski definition) is 4. The average molecular weight is 294 g/mol. The van der Waals surface area contributed by atoms with E-state index in [0.717, 1.165) is 23.3 Å². The molecule has 0 heterocycles. The highest BCUT2D eigenvalue weighted by atomic mass is 16.5. The second-order valence-electron chi connectivity index (χ2n) is 5.46. The molecule has 0 aliphatic heterocycles. The van der Waals surface area contributed by atoms with E-state index in [0.29, 0.717) is 6.61 Å². The van der Waals surface area contributed by atoms with Gasteiger partial charge in [-0.3, -0.25) is 4.79 Å². The number of carbonyl (C=O) groups is 1. The first kappa shape index (κ1) is 17.5. The van der Waals surface area contributed by atoms with Gasteiger partial charge in [-0.1, -0.05) is 18.2 Å². The molecule has 5 nitrogen and oxygen atoms in total. The zero-order valence-electron chi connectivity index (χ0n) is 13.3. The molecule has 0 bridgehead atoms. The summed E-state index contributed by atoms with van der Waals surface area (Å²) in [5.41, 5.74) is 7.89. The Hall–Kier alpha value is -1.59. The average Bonchev–Trinajstić information content (AvgIpc) is 2.37. The number of hydrogen-bond donors (Lipinski definition) is 2. The van der Waals surface area contributed by atoms with E-state index in [1.165, 1.54) is 0 Å². The molecular weight excluding hydrogens is 268 g/mol. The van der Waals surface area contributed by atoms with Crippen LogP contribution in [0.3, 0.4) is 0 Å². The molecule has 1 amide bonds. The van der Waals surface area contributed by atoms with E-state index in [4.69, 9.17) is 15.2 Å². The number of methoxy groups -OCH3 is 1. The molecule has 0 aliphatic carbocycles. The number of rotatable bonds is 8. The summed E-state index contributed by atoms with van der Waals surface area (Å²) in [6.07, 6.45) is 0.721. The summed E-state index contributed by atoms with van der Waals surface area (Å²) >= 11 is 0. The molecule has 0 aliphatic rings. The summed E-state index contributed by atoms with van der Waals surface area (Å²) in [6.45, 7) is 6.27. The third-order valence-corrected chi connectivity index (χ3v) is 3.01. The minimum atomic E-state index is -0.158. The van der Waals surface area contributed by atoms with Crippen molar-refractivity contribution in [2.24, 2.45) is 5.73 Å². The monoisotopic (exact) mass is 294 g/mol. The fourth-order valence-corrected chi connectivity index (χ4v) is 2.17. The highest BCUT2D eigenvalue weighted by Crippen LogP contribution is 2.24. The molecule has 21 heavy (non-hydrogen) atoms. The van der Waals surface area contributed by atoms with Gasteiger partial charge in [-0.2, -0.15) is 0 Å². The van der Waals surface area contributed by atoms with Crippen molar-refractivity contribution in [1.29, 1.82) is 0 Å². The summed E-state index contributed by atoms with van der Waals surface area (Å²) in [6, 6.07) is 5.93. The maximum Gasteiger partial charge on any atom is 0.258 e. The van der Waals surface area contributed by atoms with Crippen molar-refractivity contribution in [1.82, 2.24) is 5.32 Å². The van der Waals surface area contributed by atoms with Crippen LogP contribution in [0.25, 0.3) is 0 Å². The van der Waals surface area contributed by atoms with Crippen molar-refractivity contribution in [3.05, 3.63) is 29.3 Å². The van der Waals surface area contributed by atoms with Crippen LogP contribution in [0.2, 0.25) is 0 Å². The Morgan fingerprint density at radius 1 is 1.38 bits per heavy atom. The van der Waals surface area contributed by atoms with Gasteiger partial charge in [0.05, 0.1) is 6.61 Å². The fourth-order valence-electron chi connectivity index (χ4n) is 2.17. The van der Waals surface area contributed by atoms with Gasteiger partial charge in [0.1, 0.15) is 5.75 Å². The highest BCUT2D eigenvalue weighted by Gasteiger charge is 2.12. The molecule has 1 rings (SSSR count). The normalized spacial score (nSPS) is 13.6. The van der Waals surface area contributed by atoms with E-state index < -0.39 is 0 Å². The van der Waals surface area contributed by atoms with Crippen LogP contribution in [-0.4, -0.2) is 38.3 Å². The minimum absolute atomic E-state index is 0.00907. The summed E-state index contributed by atoms with van der Waals surface area (Å²) in [7, 11) is 1.60. The van der Waals surface area contributed by atoms with Crippen molar-refractivity contribution in [2.45, 2.75) is 39.3 Å². The zero-order chi connectivity index (χ0) is 15.8. The summed E-state index contributed by atoms with van der Waals surface area (Å²) < 4.78 is 10.7. The number of nitrogens with two attached hydrogens (primary N) is 1. The van der Waals surface area contributed by atoms with Gasteiger partial charge < -0.3 is 20.5 Å². The molecule has 3 N–H and O–H groups in total. The van der Waals surface area contributed by atoms with Crippen LogP contribution in [0.15, 0.2) is 18.2 Å². The second kappa shape index (κ2) is 8.64. The molecule has 0 fully saturated rings. The molecule has 0 radical (unpaired) electrons. The van der Waals surface area contributed by atoms with Gasteiger partial charge in [0, 0.05) is 19.2 Å². The predicted octanol–water partition coefficient (Wildman–Crippen LogP) is 1.41. The van der Waals surface area contributed by atoms with Crippen molar-refractivity contribution >= 4 is 5.91 Å². The molecule has 0 spiro atoms. The lowest BCUT2D eigenvalue weighted by Crippen LogP contribution is -2.38. The Kier molecular flexibility index (Phi) is 7.19. The molecular formula is C16H26N2O3. The van der Waals surface area contributed by atoms with E-state index in [2.05, 4.69) is 5.32 Å². The number of benzene rings is 1. The van der Waals surface area contributed by atoms with Crippen LogP contribution in [0.1, 0.15) is 25.0 Å². The van der Waals surface area contributed by atoms with Gasteiger partial charge in [-0.05, 0) is 38.3 Å². The lowest BCUT2D eigenvalue weighted by atomic mass is 10.0. The zero-order valence-corrected chi connectivity index (χ0v) is 13.3. The van der Waals surface area contributed by atoms with E-state index in [1.54, 1.807) is 7.11 Å². The maximum absolute atomic E-state index is 11.8. The molecule has 1 aromatic rings. The largest absolute Gasteiger partial charge is 0.483 e. The Bertz CT molecular complexity index is 461. The number of ether oxygens (including phenoxy) is 2. The molecule has 118 valence electrons. The van der Waals surface area contributed by atoms with Crippen LogP contribution in [-0.2, 0) is 16.0 Å². The van der Waals surface area contributed by atoms with E-state index in [9.17, 15) is 4.79 Å². The van der Waals surface area contributed by atoms with Crippen LogP contribution in [0.5, 0.6) is 5.75 Å². The van der Waals surface area contributed by atoms with E-state index in [1.807, 2.05) is 39.0 Å². The van der Waals surface area contributed by atoms with Gasteiger partial charge in [-0.25, -0.2) is 0 Å². The first-order chi connectivity index (χ1) is 9.93. The molecule has 2 atom stereocenters. The van der Waals surface area contributed by atoms with Crippen molar-refractivity contribution < 1.29 is 14.3 Å². The summed E-state index contributed by atoms with van der Waals surface area (Å²) in [5, 5.41) is 2.82. The predicted molar refractivity (Wildman–Crippen MR) is 83.5 cm³/mol. The van der Waals surface area contributed by atoms with Gasteiger partial charge in [0.25, 0.3) is 5.91 Å². The van der Waals surface area contributed by atoms with Gasteiger partial charge in [-0.15, -0.1) is 0 Å². The quantitative estimate of drug-likeness (QED) is 0.760. The Labute approximate surface area is 126 Å². The summed E-state index contributed by atoms with van der Waals surface area (Å²) in [4.78, 5) is 11.8. The Balaban J connectivity index is 2.64. The van der Waals surface area contributed by atoms with Crippen LogP contribution in [0.4, 0.5) is 0 Å². The number of carbonyl (C=O) groups excluding carboxylic acids is 1. The molecule has 1 aromatic carbocycles. The molecule has 5 heteroatoms. The van der Waals surface area contributed by atoms with Gasteiger partial charge in [0.15, 0.2) is 6.61 Å². The van der Waals surface area contributed by atoms with Crippen LogP contribution >= 0.6 is 0 Å². The van der Waals surface area contributed by atoms with Crippen LogP contribution in [0, 0.1) is 6.92 Å². The van der Waals surface area contributed by atoms with Crippen LogP contribution < -0.4 is 15.8 Å².